The number of thiazole rings is 2. The molecular formula is C23H20FN3OS2. The molecular weight excluding hydrogens is 417 g/mol. The van der Waals surface area contributed by atoms with E-state index in [9.17, 15) is 9.18 Å². The Balaban J connectivity index is 1.26. The second kappa shape index (κ2) is 9.28. The van der Waals surface area contributed by atoms with Crippen LogP contribution in [-0.4, -0.2) is 22.4 Å². The van der Waals surface area contributed by atoms with Crippen LogP contribution >= 0.6 is 22.7 Å². The van der Waals surface area contributed by atoms with Crippen LogP contribution in [0, 0.1) is 12.7 Å². The SMILES string of the molecule is Cc1nc(-c2ccc(CCNC(=O)Cc3csc(-c4cccc(F)c4)n3)cc2)cs1. The Morgan fingerprint density at radius 1 is 1.03 bits per heavy atom. The van der Waals surface area contributed by atoms with Gasteiger partial charge in [-0.1, -0.05) is 36.4 Å². The normalized spacial score (nSPS) is 10.9. The van der Waals surface area contributed by atoms with E-state index < -0.39 is 0 Å². The second-order valence-corrected chi connectivity index (χ2v) is 8.80. The van der Waals surface area contributed by atoms with Gasteiger partial charge in [0.1, 0.15) is 10.8 Å². The van der Waals surface area contributed by atoms with Crippen LogP contribution in [0.4, 0.5) is 4.39 Å². The van der Waals surface area contributed by atoms with Gasteiger partial charge < -0.3 is 5.32 Å². The molecule has 2 aromatic carbocycles. The van der Waals surface area contributed by atoms with Crippen LogP contribution in [0.15, 0.2) is 59.3 Å². The van der Waals surface area contributed by atoms with Crippen molar-refractivity contribution in [2.45, 2.75) is 19.8 Å². The Morgan fingerprint density at radius 2 is 1.87 bits per heavy atom. The van der Waals surface area contributed by atoms with Gasteiger partial charge in [0.2, 0.25) is 5.91 Å². The highest BCUT2D eigenvalue weighted by Gasteiger charge is 2.10. The fourth-order valence-corrected chi connectivity index (χ4v) is 4.49. The van der Waals surface area contributed by atoms with E-state index in [0.717, 1.165) is 33.8 Å². The van der Waals surface area contributed by atoms with Crippen molar-refractivity contribution in [3.63, 3.8) is 0 Å². The fraction of sp³-hybridized carbons (Fsp3) is 0.174. The summed E-state index contributed by atoms with van der Waals surface area (Å²) in [7, 11) is 0. The number of halogens is 1. The van der Waals surface area contributed by atoms with Gasteiger partial charge in [-0.3, -0.25) is 4.79 Å². The molecule has 0 aliphatic heterocycles. The lowest BCUT2D eigenvalue weighted by Gasteiger charge is -2.05. The molecule has 0 unspecified atom stereocenters. The molecule has 0 saturated carbocycles. The van der Waals surface area contributed by atoms with Gasteiger partial charge in [0.25, 0.3) is 0 Å². The molecule has 4 rings (SSSR count). The van der Waals surface area contributed by atoms with Gasteiger partial charge in [0.05, 0.1) is 22.8 Å². The van der Waals surface area contributed by atoms with E-state index >= 15 is 0 Å². The predicted molar refractivity (Wildman–Crippen MR) is 120 cm³/mol. The molecule has 4 nitrogen and oxygen atoms in total. The lowest BCUT2D eigenvalue weighted by molar-refractivity contribution is -0.120. The van der Waals surface area contributed by atoms with Crippen LogP contribution in [0.25, 0.3) is 21.8 Å². The van der Waals surface area contributed by atoms with E-state index in [4.69, 9.17) is 0 Å². The van der Waals surface area contributed by atoms with Crippen LogP contribution in [0.3, 0.4) is 0 Å². The Morgan fingerprint density at radius 3 is 2.60 bits per heavy atom. The van der Waals surface area contributed by atoms with Crippen LogP contribution in [0.1, 0.15) is 16.3 Å². The number of rotatable bonds is 7. The summed E-state index contributed by atoms with van der Waals surface area (Å²) in [5.41, 5.74) is 4.68. The topological polar surface area (TPSA) is 54.9 Å². The van der Waals surface area contributed by atoms with Crippen molar-refractivity contribution in [3.8, 4) is 21.8 Å². The predicted octanol–water partition coefficient (Wildman–Crippen LogP) is 5.28. The highest BCUT2D eigenvalue weighted by Crippen LogP contribution is 2.24. The highest BCUT2D eigenvalue weighted by molar-refractivity contribution is 7.13. The number of carbonyl (C=O) groups is 1. The third-order valence-electron chi connectivity index (χ3n) is 4.57. The smallest absolute Gasteiger partial charge is 0.226 e. The maximum absolute atomic E-state index is 13.4. The standard InChI is InChI=1S/C23H20FN3OS2/c1-15-26-21(14-29-15)17-7-5-16(6-8-17)9-10-25-22(28)12-20-13-30-23(27-20)18-3-2-4-19(24)11-18/h2-8,11,13-14H,9-10,12H2,1H3,(H,25,28). The van der Waals surface area contributed by atoms with Gasteiger partial charge >= 0.3 is 0 Å². The zero-order valence-corrected chi connectivity index (χ0v) is 18.0. The largest absolute Gasteiger partial charge is 0.355 e. The van der Waals surface area contributed by atoms with Crippen molar-refractivity contribution in [1.29, 1.82) is 0 Å². The third kappa shape index (κ3) is 5.17. The molecule has 0 saturated heterocycles. The molecule has 2 heterocycles. The Bertz CT molecular complexity index is 1150. The molecule has 2 aromatic heterocycles. The Labute approximate surface area is 182 Å². The zero-order chi connectivity index (χ0) is 20.9. The summed E-state index contributed by atoms with van der Waals surface area (Å²) in [6.45, 7) is 2.56. The van der Waals surface area contributed by atoms with Gasteiger partial charge in [0, 0.05) is 28.4 Å². The fourth-order valence-electron chi connectivity index (χ4n) is 3.05. The highest BCUT2D eigenvalue weighted by atomic mass is 32.1. The first kappa shape index (κ1) is 20.4. The number of nitrogens with zero attached hydrogens (tertiary/aromatic N) is 2. The van der Waals surface area contributed by atoms with Crippen molar-refractivity contribution in [2.24, 2.45) is 0 Å². The lowest BCUT2D eigenvalue weighted by Crippen LogP contribution is -2.27. The number of aromatic nitrogens is 2. The quantitative estimate of drug-likeness (QED) is 0.428. The molecule has 0 atom stereocenters. The van der Waals surface area contributed by atoms with E-state index in [1.807, 2.05) is 18.4 Å². The first-order valence-electron chi connectivity index (χ1n) is 9.55. The van der Waals surface area contributed by atoms with E-state index in [2.05, 4.69) is 44.9 Å². The third-order valence-corrected chi connectivity index (χ3v) is 6.28. The molecule has 0 aliphatic rings. The number of aryl methyl sites for hydroxylation is 1. The van der Waals surface area contributed by atoms with Crippen LogP contribution in [0.5, 0.6) is 0 Å². The summed E-state index contributed by atoms with van der Waals surface area (Å²) in [6.07, 6.45) is 0.974. The second-order valence-electron chi connectivity index (χ2n) is 6.88. The van der Waals surface area contributed by atoms with Crippen LogP contribution in [-0.2, 0) is 17.6 Å². The molecule has 0 fully saturated rings. The molecule has 152 valence electrons. The summed E-state index contributed by atoms with van der Waals surface area (Å²) in [6, 6.07) is 14.6. The summed E-state index contributed by atoms with van der Waals surface area (Å²) in [5.74, 6) is -0.364. The average Bonchev–Trinajstić information content (AvgIpc) is 3.38. The van der Waals surface area contributed by atoms with Crippen molar-refractivity contribution in [2.75, 3.05) is 6.54 Å². The van der Waals surface area contributed by atoms with E-state index in [-0.39, 0.29) is 18.1 Å². The minimum Gasteiger partial charge on any atom is -0.355 e. The molecule has 0 aliphatic carbocycles. The first-order valence-corrected chi connectivity index (χ1v) is 11.3. The summed E-state index contributed by atoms with van der Waals surface area (Å²) < 4.78 is 13.4. The summed E-state index contributed by atoms with van der Waals surface area (Å²) in [4.78, 5) is 21.2. The average molecular weight is 438 g/mol. The summed E-state index contributed by atoms with van der Waals surface area (Å²) >= 11 is 3.06. The lowest BCUT2D eigenvalue weighted by atomic mass is 10.1. The molecule has 0 radical (unpaired) electrons. The number of benzene rings is 2. The van der Waals surface area contributed by atoms with Gasteiger partial charge in [-0.25, -0.2) is 14.4 Å². The van der Waals surface area contributed by atoms with E-state index in [1.165, 1.54) is 23.5 Å². The maximum atomic E-state index is 13.4. The number of nitrogens with one attached hydrogen (secondary N) is 1. The molecule has 0 bridgehead atoms. The number of carbonyl (C=O) groups excluding carboxylic acids is 1. The Kier molecular flexibility index (Phi) is 6.30. The van der Waals surface area contributed by atoms with Gasteiger partial charge in [-0.05, 0) is 31.0 Å². The monoisotopic (exact) mass is 437 g/mol. The molecule has 1 amide bonds. The van der Waals surface area contributed by atoms with Crippen molar-refractivity contribution < 1.29 is 9.18 Å². The van der Waals surface area contributed by atoms with E-state index in [1.54, 1.807) is 17.4 Å². The number of hydrogen-bond acceptors (Lipinski definition) is 5. The number of amides is 1. The van der Waals surface area contributed by atoms with Crippen LogP contribution in [0.2, 0.25) is 0 Å². The molecule has 0 spiro atoms. The van der Waals surface area contributed by atoms with Gasteiger partial charge in [0.15, 0.2) is 0 Å². The van der Waals surface area contributed by atoms with Crippen LogP contribution < -0.4 is 5.32 Å². The molecule has 1 N–H and O–H groups in total. The first-order chi connectivity index (χ1) is 14.6. The molecule has 30 heavy (non-hydrogen) atoms. The van der Waals surface area contributed by atoms with E-state index in [0.29, 0.717) is 17.2 Å². The Hall–Kier alpha value is -2.90. The molecule has 4 aromatic rings. The minimum absolute atomic E-state index is 0.0688. The zero-order valence-electron chi connectivity index (χ0n) is 16.4. The maximum Gasteiger partial charge on any atom is 0.226 e. The van der Waals surface area contributed by atoms with Gasteiger partial charge in [-0.2, -0.15) is 0 Å². The van der Waals surface area contributed by atoms with Crippen molar-refractivity contribution in [3.05, 3.63) is 81.4 Å². The minimum atomic E-state index is -0.295. The van der Waals surface area contributed by atoms with Gasteiger partial charge in [-0.15, -0.1) is 22.7 Å². The van der Waals surface area contributed by atoms with Crippen molar-refractivity contribution in [1.82, 2.24) is 15.3 Å². The molecule has 7 heteroatoms. The summed E-state index contributed by atoms with van der Waals surface area (Å²) in [5, 5.41) is 8.62. The van der Waals surface area contributed by atoms with Crippen molar-refractivity contribution >= 4 is 28.6 Å². The number of hydrogen-bond donors (Lipinski definition) is 1.